The molecule has 6 heteroatoms. The largest absolute Gasteiger partial charge is 0.461 e. The standard InChI is InChI=1S/C28H47NO4S/c1-8-26(6)17-22(33-23(31)18-34-16-15-29(9-2)10-3)27(7)19(4)11-13-28(20(5)25(26)32)14-12-21(30)24(27)28/h8,19-20,22,24-25,32H,1,9-18H2,2-7H3/t19?,20-,22+,24-,25-,26+,27-,28?/m1/s1. The normalized spacial score (nSPS) is 42.1. The molecule has 3 aliphatic carbocycles. The molecule has 34 heavy (non-hydrogen) atoms. The van der Waals surface area contributed by atoms with Gasteiger partial charge < -0.3 is 14.7 Å². The minimum Gasteiger partial charge on any atom is -0.461 e. The first kappa shape index (κ1) is 27.7. The second-order valence-corrected chi connectivity index (χ2v) is 12.7. The van der Waals surface area contributed by atoms with E-state index in [4.69, 9.17) is 4.74 Å². The summed E-state index contributed by atoms with van der Waals surface area (Å²) in [4.78, 5) is 28.9. The Bertz CT molecular complexity index is 770. The number of aliphatic hydroxyl groups excluding tert-OH is 1. The van der Waals surface area contributed by atoms with Crippen molar-refractivity contribution < 1.29 is 19.4 Å². The molecule has 194 valence electrons. The molecule has 3 fully saturated rings. The van der Waals surface area contributed by atoms with Gasteiger partial charge in [0.15, 0.2) is 0 Å². The number of ether oxygens (including phenoxy) is 1. The predicted octanol–water partition coefficient (Wildman–Crippen LogP) is 4.97. The number of esters is 1. The third-order valence-electron chi connectivity index (χ3n) is 10.2. The Morgan fingerprint density at radius 1 is 1.26 bits per heavy atom. The van der Waals surface area contributed by atoms with Gasteiger partial charge in [-0.2, -0.15) is 0 Å². The van der Waals surface area contributed by atoms with Crippen molar-refractivity contribution in [1.29, 1.82) is 0 Å². The van der Waals surface area contributed by atoms with Gasteiger partial charge >= 0.3 is 5.97 Å². The van der Waals surface area contributed by atoms with Crippen molar-refractivity contribution in [1.82, 2.24) is 4.90 Å². The summed E-state index contributed by atoms with van der Waals surface area (Å²) in [7, 11) is 0. The Morgan fingerprint density at radius 3 is 2.56 bits per heavy atom. The first-order chi connectivity index (χ1) is 16.0. The number of thioether (sulfide) groups is 1. The van der Waals surface area contributed by atoms with Crippen LogP contribution in [0.25, 0.3) is 0 Å². The van der Waals surface area contributed by atoms with E-state index in [2.05, 4.69) is 46.1 Å². The van der Waals surface area contributed by atoms with Gasteiger partial charge in [0, 0.05) is 35.5 Å². The molecule has 0 spiro atoms. The molecule has 3 rings (SSSR count). The van der Waals surface area contributed by atoms with E-state index in [1.54, 1.807) is 11.8 Å². The zero-order chi connectivity index (χ0) is 25.3. The lowest BCUT2D eigenvalue weighted by molar-refractivity contribution is -0.205. The summed E-state index contributed by atoms with van der Waals surface area (Å²) in [5, 5.41) is 11.6. The van der Waals surface area contributed by atoms with Crippen LogP contribution in [-0.4, -0.2) is 65.1 Å². The fraction of sp³-hybridized carbons (Fsp3) is 0.857. The van der Waals surface area contributed by atoms with Crippen molar-refractivity contribution in [3.05, 3.63) is 12.7 Å². The number of hydrogen-bond donors (Lipinski definition) is 1. The second-order valence-electron chi connectivity index (χ2n) is 11.6. The highest BCUT2D eigenvalue weighted by atomic mass is 32.2. The molecule has 0 aromatic carbocycles. The van der Waals surface area contributed by atoms with Gasteiger partial charge in [-0.15, -0.1) is 18.3 Å². The van der Waals surface area contributed by atoms with Crippen LogP contribution < -0.4 is 0 Å². The fourth-order valence-electron chi connectivity index (χ4n) is 7.58. The van der Waals surface area contributed by atoms with Gasteiger partial charge in [-0.25, -0.2) is 0 Å². The van der Waals surface area contributed by atoms with Crippen molar-refractivity contribution in [3.8, 4) is 0 Å². The Kier molecular flexibility index (Phi) is 8.68. The number of nitrogens with zero attached hydrogens (tertiary/aromatic N) is 1. The van der Waals surface area contributed by atoms with Crippen LogP contribution in [0.3, 0.4) is 0 Å². The summed E-state index contributed by atoms with van der Waals surface area (Å²) in [6, 6.07) is 0. The Hall–Kier alpha value is -0.850. The first-order valence-corrected chi connectivity index (χ1v) is 14.5. The number of ketones is 1. The summed E-state index contributed by atoms with van der Waals surface area (Å²) in [6.07, 6.45) is 4.64. The van der Waals surface area contributed by atoms with Crippen molar-refractivity contribution >= 4 is 23.5 Å². The van der Waals surface area contributed by atoms with Crippen LogP contribution in [0.15, 0.2) is 12.7 Å². The van der Waals surface area contributed by atoms with Crippen LogP contribution in [0.5, 0.6) is 0 Å². The SMILES string of the molecule is C=C[C@@]1(C)C[C@H](OC(=O)CSCCN(CC)CC)[C@@]2(C)C(C)CCC3(CCC(=O)[C@@H]32)[C@H](C)[C@H]1O. The third kappa shape index (κ3) is 4.64. The molecule has 0 amide bonds. The molecule has 5 nitrogen and oxygen atoms in total. The first-order valence-electron chi connectivity index (χ1n) is 13.3. The number of hydrogen-bond acceptors (Lipinski definition) is 6. The lowest BCUT2D eigenvalue weighted by Gasteiger charge is -2.61. The number of carbonyl (C=O) groups excluding carboxylic acids is 2. The van der Waals surface area contributed by atoms with E-state index in [9.17, 15) is 14.7 Å². The van der Waals surface area contributed by atoms with Crippen LogP contribution in [-0.2, 0) is 14.3 Å². The van der Waals surface area contributed by atoms with Crippen LogP contribution in [0.1, 0.15) is 73.6 Å². The molecular formula is C28H47NO4S. The highest BCUT2D eigenvalue weighted by molar-refractivity contribution is 7.99. The highest BCUT2D eigenvalue weighted by Crippen LogP contribution is 2.67. The number of Topliss-reactive ketones (excluding diaryl/α,β-unsaturated/α-hetero) is 1. The van der Waals surface area contributed by atoms with Gasteiger partial charge in [-0.05, 0) is 56.0 Å². The molecular weight excluding hydrogens is 446 g/mol. The van der Waals surface area contributed by atoms with Crippen molar-refractivity contribution in [2.45, 2.75) is 85.9 Å². The smallest absolute Gasteiger partial charge is 0.316 e. The van der Waals surface area contributed by atoms with Gasteiger partial charge in [-0.3, -0.25) is 9.59 Å². The minimum absolute atomic E-state index is 0.00828. The van der Waals surface area contributed by atoms with Crippen LogP contribution in [0, 0.1) is 34.0 Å². The summed E-state index contributed by atoms with van der Waals surface area (Å²) >= 11 is 1.61. The Labute approximate surface area is 211 Å². The monoisotopic (exact) mass is 493 g/mol. The number of aliphatic hydroxyl groups is 1. The molecule has 2 unspecified atom stereocenters. The maximum atomic E-state index is 13.4. The van der Waals surface area contributed by atoms with Crippen LogP contribution in [0.2, 0.25) is 0 Å². The molecule has 1 N–H and O–H groups in total. The predicted molar refractivity (Wildman–Crippen MR) is 140 cm³/mol. The molecule has 3 aliphatic rings. The van der Waals surface area contributed by atoms with Gasteiger partial charge in [0.2, 0.25) is 0 Å². The zero-order valence-corrected chi connectivity index (χ0v) is 23.1. The summed E-state index contributed by atoms with van der Waals surface area (Å²) in [6.45, 7) is 20.0. The molecule has 0 radical (unpaired) electrons. The average molecular weight is 494 g/mol. The van der Waals surface area contributed by atoms with Gasteiger partial charge in [-0.1, -0.05) is 47.6 Å². The van der Waals surface area contributed by atoms with Gasteiger partial charge in [0.05, 0.1) is 11.9 Å². The van der Waals surface area contributed by atoms with E-state index in [1.165, 1.54) is 0 Å². The quantitative estimate of drug-likeness (QED) is 0.278. The average Bonchev–Trinajstić information content (AvgIpc) is 3.17. The minimum atomic E-state index is -0.624. The summed E-state index contributed by atoms with van der Waals surface area (Å²) < 4.78 is 6.30. The Morgan fingerprint density at radius 2 is 1.94 bits per heavy atom. The van der Waals surface area contributed by atoms with E-state index in [-0.39, 0.29) is 29.1 Å². The van der Waals surface area contributed by atoms with E-state index in [0.29, 0.717) is 24.4 Å². The maximum absolute atomic E-state index is 13.4. The highest BCUT2D eigenvalue weighted by Gasteiger charge is 2.68. The Balaban J connectivity index is 1.88. The fourth-order valence-corrected chi connectivity index (χ4v) is 8.35. The molecule has 2 bridgehead atoms. The topological polar surface area (TPSA) is 66.8 Å². The van der Waals surface area contributed by atoms with Crippen molar-refractivity contribution in [3.63, 3.8) is 0 Å². The molecule has 8 atom stereocenters. The molecule has 3 saturated carbocycles. The lowest BCUT2D eigenvalue weighted by atomic mass is 9.44. The number of carbonyl (C=O) groups is 2. The van der Waals surface area contributed by atoms with Crippen LogP contribution in [0.4, 0.5) is 0 Å². The van der Waals surface area contributed by atoms with Crippen LogP contribution >= 0.6 is 11.8 Å². The maximum Gasteiger partial charge on any atom is 0.316 e. The third-order valence-corrected chi connectivity index (χ3v) is 11.2. The molecule has 0 heterocycles. The zero-order valence-electron chi connectivity index (χ0n) is 22.3. The lowest BCUT2D eigenvalue weighted by Crippen LogP contribution is -2.63. The van der Waals surface area contributed by atoms with E-state index >= 15 is 0 Å². The van der Waals surface area contributed by atoms with Crippen molar-refractivity contribution in [2.75, 3.05) is 31.1 Å². The van der Waals surface area contributed by atoms with E-state index in [1.807, 2.05) is 13.0 Å². The number of rotatable bonds is 9. The van der Waals surface area contributed by atoms with E-state index in [0.717, 1.165) is 44.6 Å². The van der Waals surface area contributed by atoms with Crippen molar-refractivity contribution in [2.24, 2.45) is 34.0 Å². The molecule has 0 aliphatic heterocycles. The molecule has 0 aromatic rings. The van der Waals surface area contributed by atoms with Gasteiger partial charge in [0.25, 0.3) is 0 Å². The molecule has 0 aromatic heterocycles. The summed E-state index contributed by atoms with van der Waals surface area (Å²) in [5.74, 6) is 1.37. The summed E-state index contributed by atoms with van der Waals surface area (Å²) in [5.41, 5.74) is -1.25. The molecule has 0 saturated heterocycles. The second kappa shape index (κ2) is 10.6. The van der Waals surface area contributed by atoms with Gasteiger partial charge in [0.1, 0.15) is 11.9 Å². The van der Waals surface area contributed by atoms with E-state index < -0.39 is 23.0 Å².